The average Bonchev–Trinajstić information content (AvgIpc) is 3.15. The van der Waals surface area contributed by atoms with Crippen molar-refractivity contribution in [2.75, 3.05) is 13.2 Å². The molecule has 180 valence electrons. The summed E-state index contributed by atoms with van der Waals surface area (Å²) >= 11 is 0. The topological polar surface area (TPSA) is 105 Å². The number of benzene rings is 2. The van der Waals surface area contributed by atoms with E-state index in [9.17, 15) is 14.4 Å². The van der Waals surface area contributed by atoms with Gasteiger partial charge >= 0.3 is 12.1 Å². The van der Waals surface area contributed by atoms with Gasteiger partial charge in [-0.15, -0.1) is 0 Å². The fourth-order valence-electron chi connectivity index (χ4n) is 4.10. The van der Waals surface area contributed by atoms with E-state index in [0.29, 0.717) is 6.42 Å². The molecule has 2 atom stereocenters. The maximum absolute atomic E-state index is 12.7. The van der Waals surface area contributed by atoms with E-state index in [1.807, 2.05) is 50.2 Å². The largest absolute Gasteiger partial charge is 0.478 e. The Bertz CT molecular complexity index is 1030. The second-order valence-electron chi connectivity index (χ2n) is 8.71. The summed E-state index contributed by atoms with van der Waals surface area (Å²) in [6.07, 6.45) is 2.08. The first-order valence-electron chi connectivity index (χ1n) is 11.6. The summed E-state index contributed by atoms with van der Waals surface area (Å²) in [5, 5.41) is 14.3. The maximum atomic E-state index is 12.7. The molecule has 0 spiro atoms. The Morgan fingerprint density at radius 3 is 2.21 bits per heavy atom. The molecule has 2 aromatic carbocycles. The number of ether oxygens (including phenoxy) is 1. The number of aliphatic carboxylic acids is 1. The van der Waals surface area contributed by atoms with Crippen molar-refractivity contribution in [1.29, 1.82) is 0 Å². The Morgan fingerprint density at radius 1 is 1.06 bits per heavy atom. The van der Waals surface area contributed by atoms with E-state index in [4.69, 9.17) is 9.84 Å². The third-order valence-corrected chi connectivity index (χ3v) is 6.31. The molecule has 2 aromatic rings. The van der Waals surface area contributed by atoms with Crippen LogP contribution in [0.2, 0.25) is 0 Å². The van der Waals surface area contributed by atoms with Crippen molar-refractivity contribution in [3.8, 4) is 11.1 Å². The molecule has 0 fully saturated rings. The zero-order valence-corrected chi connectivity index (χ0v) is 19.8. The molecule has 0 saturated carbocycles. The first kappa shape index (κ1) is 25.0. The Labute approximate surface area is 200 Å². The van der Waals surface area contributed by atoms with Gasteiger partial charge < -0.3 is 20.5 Å². The van der Waals surface area contributed by atoms with Crippen molar-refractivity contribution in [3.63, 3.8) is 0 Å². The highest BCUT2D eigenvalue weighted by Gasteiger charge is 2.30. The summed E-state index contributed by atoms with van der Waals surface area (Å²) in [4.78, 5) is 36.3. The molecule has 0 aromatic heterocycles. The number of hydrogen-bond donors (Lipinski definition) is 3. The Balaban J connectivity index is 1.64. The lowest BCUT2D eigenvalue weighted by Gasteiger charge is -2.21. The van der Waals surface area contributed by atoms with Crippen LogP contribution in [-0.2, 0) is 14.3 Å². The van der Waals surface area contributed by atoms with Crippen LogP contribution in [0.5, 0.6) is 0 Å². The van der Waals surface area contributed by atoms with Crippen molar-refractivity contribution < 1.29 is 24.2 Å². The molecule has 2 amide bonds. The molecule has 0 saturated heterocycles. The first-order valence-corrected chi connectivity index (χ1v) is 11.6. The van der Waals surface area contributed by atoms with Crippen molar-refractivity contribution >= 4 is 18.0 Å². The second kappa shape index (κ2) is 11.5. The number of nitrogens with one attached hydrogen (secondary N) is 2. The summed E-state index contributed by atoms with van der Waals surface area (Å²) in [5.74, 6) is -1.27. The lowest BCUT2D eigenvalue weighted by atomic mass is 9.98. The summed E-state index contributed by atoms with van der Waals surface area (Å²) in [6.45, 7) is 5.72. The monoisotopic (exact) mass is 464 g/mol. The number of carbonyl (C=O) groups is 3. The predicted octanol–water partition coefficient (Wildman–Crippen LogP) is 4.48. The molecule has 7 heteroatoms. The number of rotatable bonds is 10. The van der Waals surface area contributed by atoms with Crippen LogP contribution in [0.4, 0.5) is 4.79 Å². The zero-order valence-electron chi connectivity index (χ0n) is 19.8. The number of alkyl carbamates (subject to hydrolysis) is 1. The highest BCUT2D eigenvalue weighted by atomic mass is 16.5. The fraction of sp³-hybridized carbons (Fsp3) is 0.370. The van der Waals surface area contributed by atoms with Crippen molar-refractivity contribution in [1.82, 2.24) is 10.6 Å². The van der Waals surface area contributed by atoms with Gasteiger partial charge in [0.2, 0.25) is 5.91 Å². The molecule has 7 nitrogen and oxygen atoms in total. The van der Waals surface area contributed by atoms with E-state index in [0.717, 1.165) is 28.7 Å². The van der Waals surface area contributed by atoms with E-state index in [-0.39, 0.29) is 36.5 Å². The number of hydrogen-bond acceptors (Lipinski definition) is 4. The molecule has 0 heterocycles. The van der Waals surface area contributed by atoms with Crippen LogP contribution >= 0.6 is 0 Å². The summed E-state index contributed by atoms with van der Waals surface area (Å²) < 4.78 is 5.59. The van der Waals surface area contributed by atoms with Crippen LogP contribution in [0.15, 0.2) is 60.2 Å². The molecule has 34 heavy (non-hydrogen) atoms. The van der Waals surface area contributed by atoms with Gasteiger partial charge in [-0.2, -0.15) is 0 Å². The molecule has 0 bridgehead atoms. The van der Waals surface area contributed by atoms with Crippen LogP contribution in [0.25, 0.3) is 11.1 Å². The van der Waals surface area contributed by atoms with E-state index in [2.05, 4.69) is 22.8 Å². The molecular weight excluding hydrogens is 432 g/mol. The number of fused-ring (bicyclic) bond motifs is 3. The van der Waals surface area contributed by atoms with Gasteiger partial charge in [-0.1, -0.05) is 74.9 Å². The van der Waals surface area contributed by atoms with E-state index in [1.54, 1.807) is 0 Å². The van der Waals surface area contributed by atoms with Gasteiger partial charge in [-0.25, -0.2) is 9.59 Å². The van der Waals surface area contributed by atoms with Gasteiger partial charge in [-0.3, -0.25) is 4.79 Å². The van der Waals surface area contributed by atoms with Crippen molar-refractivity contribution in [2.45, 2.75) is 45.6 Å². The number of carboxylic acid groups (broad SMARTS) is 1. The summed E-state index contributed by atoms with van der Waals surface area (Å²) in [6, 6.07) is 15.4. The van der Waals surface area contributed by atoms with Gasteiger partial charge in [0.25, 0.3) is 0 Å². The van der Waals surface area contributed by atoms with E-state index < -0.39 is 18.1 Å². The van der Waals surface area contributed by atoms with Crippen molar-refractivity contribution in [2.24, 2.45) is 5.92 Å². The van der Waals surface area contributed by atoms with E-state index >= 15 is 0 Å². The predicted molar refractivity (Wildman–Crippen MR) is 130 cm³/mol. The lowest BCUT2D eigenvalue weighted by molar-refractivity contribution is -0.132. The minimum atomic E-state index is -1.04. The quantitative estimate of drug-likeness (QED) is 0.450. The molecule has 2 unspecified atom stereocenters. The molecule has 3 rings (SSSR count). The molecule has 1 aliphatic carbocycles. The van der Waals surface area contributed by atoms with Gasteiger partial charge in [0.15, 0.2) is 0 Å². The number of carbonyl (C=O) groups excluding carboxylic acids is 2. The fourth-order valence-corrected chi connectivity index (χ4v) is 4.10. The standard InChI is InChI=1S/C27H32N2O5/c1-4-17(2)15-24(25(30)28-14-13-18(3)26(31)32)29-27(33)34-16-23-21-11-7-5-9-19(21)20-10-6-8-12-22(20)23/h5-13,17,23-24H,4,14-16H2,1-3H3,(H,28,30)(H,29,33)(H,31,32)/b18-13+. The second-order valence-corrected chi connectivity index (χ2v) is 8.71. The number of amides is 2. The highest BCUT2D eigenvalue weighted by molar-refractivity contribution is 5.87. The Hall–Kier alpha value is -3.61. The molecular formula is C27H32N2O5. The first-order chi connectivity index (χ1) is 16.3. The van der Waals surface area contributed by atoms with Crippen LogP contribution in [0, 0.1) is 5.92 Å². The molecule has 0 radical (unpaired) electrons. The van der Waals surface area contributed by atoms with Crippen LogP contribution in [0.3, 0.4) is 0 Å². The Kier molecular flexibility index (Phi) is 8.46. The van der Waals surface area contributed by atoms with Gasteiger partial charge in [0.1, 0.15) is 12.6 Å². The zero-order chi connectivity index (χ0) is 24.7. The Morgan fingerprint density at radius 2 is 1.65 bits per heavy atom. The van der Waals surface area contributed by atoms with Crippen molar-refractivity contribution in [3.05, 3.63) is 71.3 Å². The van der Waals surface area contributed by atoms with Crippen LogP contribution < -0.4 is 10.6 Å². The minimum absolute atomic E-state index is 0.0656. The third-order valence-electron chi connectivity index (χ3n) is 6.31. The van der Waals surface area contributed by atoms with Crippen LogP contribution in [0.1, 0.15) is 50.7 Å². The maximum Gasteiger partial charge on any atom is 0.407 e. The number of carboxylic acids is 1. The SMILES string of the molecule is CCC(C)CC(NC(=O)OCC1c2ccccc2-c2ccccc21)C(=O)NC/C=C(\C)C(=O)O. The van der Waals surface area contributed by atoms with E-state index in [1.165, 1.54) is 13.0 Å². The normalized spacial score (nSPS) is 14.5. The summed E-state index contributed by atoms with van der Waals surface area (Å²) in [7, 11) is 0. The highest BCUT2D eigenvalue weighted by Crippen LogP contribution is 2.44. The minimum Gasteiger partial charge on any atom is -0.478 e. The van der Waals surface area contributed by atoms with Gasteiger partial charge in [-0.05, 0) is 41.5 Å². The average molecular weight is 465 g/mol. The molecule has 1 aliphatic rings. The summed E-state index contributed by atoms with van der Waals surface area (Å²) in [5.41, 5.74) is 4.66. The smallest absolute Gasteiger partial charge is 0.407 e. The van der Waals surface area contributed by atoms with Crippen LogP contribution in [-0.4, -0.2) is 42.3 Å². The molecule has 3 N–H and O–H groups in total. The van der Waals surface area contributed by atoms with Gasteiger partial charge in [0.05, 0.1) is 0 Å². The molecule has 0 aliphatic heterocycles. The third kappa shape index (κ3) is 6.04. The lowest BCUT2D eigenvalue weighted by Crippen LogP contribution is -2.48. The van der Waals surface area contributed by atoms with Gasteiger partial charge in [0, 0.05) is 18.0 Å².